The maximum absolute atomic E-state index is 13.0. The number of benzene rings is 1. The van der Waals surface area contributed by atoms with Crippen molar-refractivity contribution in [2.45, 2.75) is 31.2 Å². The van der Waals surface area contributed by atoms with Crippen LogP contribution >= 0.6 is 23.1 Å². The van der Waals surface area contributed by atoms with E-state index >= 15 is 0 Å². The number of rotatable bonds is 6. The molecule has 0 bridgehead atoms. The van der Waals surface area contributed by atoms with E-state index in [4.69, 9.17) is 0 Å². The Morgan fingerprint density at radius 1 is 1.32 bits per heavy atom. The van der Waals surface area contributed by atoms with E-state index in [1.165, 1.54) is 16.9 Å². The molecular weight excluding hydrogens is 350 g/mol. The SMILES string of the molecule is CSc1ccccc1C(=O)C1CCCN(Cc2csc(C(C)=O)c2)C1. The van der Waals surface area contributed by atoms with E-state index in [0.717, 1.165) is 47.8 Å². The quantitative estimate of drug-likeness (QED) is 0.540. The molecule has 25 heavy (non-hydrogen) atoms. The van der Waals surface area contributed by atoms with Gasteiger partial charge in [-0.2, -0.15) is 0 Å². The molecule has 1 aromatic carbocycles. The summed E-state index contributed by atoms with van der Waals surface area (Å²) in [6, 6.07) is 9.89. The number of thiophene rings is 1. The van der Waals surface area contributed by atoms with Gasteiger partial charge in [-0.15, -0.1) is 23.1 Å². The molecule has 0 saturated carbocycles. The molecule has 1 aliphatic heterocycles. The number of thioether (sulfide) groups is 1. The van der Waals surface area contributed by atoms with Crippen LogP contribution in [0.5, 0.6) is 0 Å². The Morgan fingerprint density at radius 3 is 2.84 bits per heavy atom. The smallest absolute Gasteiger partial charge is 0.169 e. The Labute approximate surface area is 157 Å². The van der Waals surface area contributed by atoms with Crippen molar-refractivity contribution < 1.29 is 9.59 Å². The number of Topliss-reactive ketones (excluding diaryl/α,β-unsaturated/α-hetero) is 2. The average molecular weight is 374 g/mol. The predicted molar refractivity (Wildman–Crippen MR) is 105 cm³/mol. The molecule has 2 heterocycles. The van der Waals surface area contributed by atoms with Crippen molar-refractivity contribution in [1.82, 2.24) is 4.90 Å². The van der Waals surface area contributed by atoms with Crippen molar-refractivity contribution in [1.29, 1.82) is 0 Å². The first-order valence-electron chi connectivity index (χ1n) is 8.56. The lowest BCUT2D eigenvalue weighted by atomic mass is 9.90. The highest BCUT2D eigenvalue weighted by molar-refractivity contribution is 7.98. The fraction of sp³-hybridized carbons (Fsp3) is 0.400. The summed E-state index contributed by atoms with van der Waals surface area (Å²) in [4.78, 5) is 28.7. The highest BCUT2D eigenvalue weighted by Crippen LogP contribution is 2.28. The van der Waals surface area contributed by atoms with Crippen LogP contribution in [0.1, 0.15) is 45.4 Å². The fourth-order valence-electron chi connectivity index (χ4n) is 3.38. The lowest BCUT2D eigenvalue weighted by Gasteiger charge is -2.32. The molecule has 0 N–H and O–H groups in total. The molecule has 3 rings (SSSR count). The van der Waals surface area contributed by atoms with Gasteiger partial charge in [0.2, 0.25) is 0 Å². The summed E-state index contributed by atoms with van der Waals surface area (Å²) in [6.45, 7) is 4.23. The number of likely N-dealkylation sites (tertiary alicyclic amines) is 1. The first-order chi connectivity index (χ1) is 12.1. The Balaban J connectivity index is 1.68. The molecular formula is C20H23NO2S2. The second-order valence-electron chi connectivity index (χ2n) is 6.51. The van der Waals surface area contributed by atoms with Crippen molar-refractivity contribution in [2.24, 2.45) is 5.92 Å². The fourth-order valence-corrected chi connectivity index (χ4v) is 4.79. The van der Waals surface area contributed by atoms with Gasteiger partial charge in [0, 0.05) is 29.5 Å². The summed E-state index contributed by atoms with van der Waals surface area (Å²) in [5.74, 6) is 0.453. The van der Waals surface area contributed by atoms with E-state index in [9.17, 15) is 9.59 Å². The van der Waals surface area contributed by atoms with Crippen LogP contribution in [0.3, 0.4) is 0 Å². The van der Waals surface area contributed by atoms with Gasteiger partial charge in [-0.05, 0) is 55.6 Å². The van der Waals surface area contributed by atoms with Crippen LogP contribution in [-0.2, 0) is 6.54 Å². The lowest BCUT2D eigenvalue weighted by molar-refractivity contribution is 0.0808. The first-order valence-corrected chi connectivity index (χ1v) is 10.7. The number of ketones is 2. The number of nitrogens with zero attached hydrogens (tertiary/aromatic N) is 1. The standard InChI is InChI=1S/C20H23NO2S2/c1-14(22)19-10-15(13-25-19)11-21-9-5-6-16(12-21)20(23)17-7-3-4-8-18(17)24-2/h3-4,7-8,10,13,16H,5-6,9,11-12H2,1-2H3. The Hall–Kier alpha value is -1.43. The second kappa shape index (κ2) is 8.30. The molecule has 0 amide bonds. The highest BCUT2D eigenvalue weighted by Gasteiger charge is 2.27. The van der Waals surface area contributed by atoms with E-state index in [0.29, 0.717) is 0 Å². The summed E-state index contributed by atoms with van der Waals surface area (Å²) in [5, 5.41) is 2.06. The minimum absolute atomic E-state index is 0.0629. The zero-order valence-corrected chi connectivity index (χ0v) is 16.3. The van der Waals surface area contributed by atoms with Crippen molar-refractivity contribution in [3.8, 4) is 0 Å². The molecule has 1 fully saturated rings. The number of carbonyl (C=O) groups excluding carboxylic acids is 2. The van der Waals surface area contributed by atoms with Gasteiger partial charge in [-0.25, -0.2) is 0 Å². The van der Waals surface area contributed by atoms with Crippen LogP contribution in [0, 0.1) is 5.92 Å². The van der Waals surface area contributed by atoms with E-state index in [1.54, 1.807) is 18.7 Å². The lowest BCUT2D eigenvalue weighted by Crippen LogP contribution is -2.38. The Bertz CT molecular complexity index is 769. The molecule has 1 saturated heterocycles. The van der Waals surface area contributed by atoms with Gasteiger partial charge in [0.15, 0.2) is 11.6 Å². The van der Waals surface area contributed by atoms with Crippen LogP contribution in [-0.4, -0.2) is 35.8 Å². The number of carbonyl (C=O) groups is 2. The molecule has 0 spiro atoms. The zero-order valence-electron chi connectivity index (χ0n) is 14.7. The van der Waals surface area contributed by atoms with Gasteiger partial charge in [0.1, 0.15) is 0 Å². The third-order valence-electron chi connectivity index (χ3n) is 4.66. The van der Waals surface area contributed by atoms with Crippen molar-refractivity contribution in [3.63, 3.8) is 0 Å². The molecule has 1 aliphatic rings. The summed E-state index contributed by atoms with van der Waals surface area (Å²) >= 11 is 3.14. The topological polar surface area (TPSA) is 37.4 Å². The molecule has 5 heteroatoms. The van der Waals surface area contributed by atoms with Crippen LogP contribution in [0.15, 0.2) is 40.6 Å². The average Bonchev–Trinajstić information content (AvgIpc) is 3.10. The van der Waals surface area contributed by atoms with Crippen molar-refractivity contribution in [2.75, 3.05) is 19.3 Å². The van der Waals surface area contributed by atoms with E-state index in [1.807, 2.05) is 36.6 Å². The second-order valence-corrected chi connectivity index (χ2v) is 8.27. The number of hydrogen-bond acceptors (Lipinski definition) is 5. The molecule has 1 unspecified atom stereocenters. The first kappa shape index (κ1) is 18.4. The summed E-state index contributed by atoms with van der Waals surface area (Å²) in [6.07, 6.45) is 4.02. The highest BCUT2D eigenvalue weighted by atomic mass is 32.2. The third-order valence-corrected chi connectivity index (χ3v) is 6.53. The zero-order chi connectivity index (χ0) is 17.8. The summed E-state index contributed by atoms with van der Waals surface area (Å²) < 4.78 is 0. The van der Waals surface area contributed by atoms with E-state index in [2.05, 4.69) is 10.3 Å². The molecule has 3 nitrogen and oxygen atoms in total. The molecule has 1 aromatic heterocycles. The summed E-state index contributed by atoms with van der Waals surface area (Å²) in [7, 11) is 0. The van der Waals surface area contributed by atoms with Crippen molar-refractivity contribution in [3.05, 3.63) is 51.7 Å². The maximum atomic E-state index is 13.0. The Kier molecular flexibility index (Phi) is 6.10. The van der Waals surface area contributed by atoms with Gasteiger partial charge in [-0.1, -0.05) is 18.2 Å². The minimum Gasteiger partial charge on any atom is -0.298 e. The van der Waals surface area contributed by atoms with Crippen molar-refractivity contribution >= 4 is 34.7 Å². The third kappa shape index (κ3) is 4.40. The summed E-state index contributed by atoms with van der Waals surface area (Å²) in [5.41, 5.74) is 2.03. The normalized spacial score (nSPS) is 18.2. The van der Waals surface area contributed by atoms with Crippen LogP contribution < -0.4 is 0 Å². The molecule has 0 radical (unpaired) electrons. The Morgan fingerprint density at radius 2 is 2.12 bits per heavy atom. The van der Waals surface area contributed by atoms with Gasteiger partial charge in [0.05, 0.1) is 4.88 Å². The van der Waals surface area contributed by atoms with Gasteiger partial charge >= 0.3 is 0 Å². The van der Waals surface area contributed by atoms with Crippen LogP contribution in [0.4, 0.5) is 0 Å². The number of hydrogen-bond donors (Lipinski definition) is 0. The van der Waals surface area contributed by atoms with Crippen LogP contribution in [0.25, 0.3) is 0 Å². The minimum atomic E-state index is 0.0629. The maximum Gasteiger partial charge on any atom is 0.169 e. The van der Waals surface area contributed by atoms with Crippen LogP contribution in [0.2, 0.25) is 0 Å². The molecule has 0 aliphatic carbocycles. The molecule has 132 valence electrons. The monoisotopic (exact) mass is 373 g/mol. The van der Waals surface area contributed by atoms with Gasteiger partial charge in [0.25, 0.3) is 0 Å². The number of piperidine rings is 1. The van der Waals surface area contributed by atoms with Gasteiger partial charge in [-0.3, -0.25) is 14.5 Å². The molecule has 2 aromatic rings. The predicted octanol–water partition coefficient (Wildman–Crippen LogP) is 4.77. The van der Waals surface area contributed by atoms with Gasteiger partial charge < -0.3 is 0 Å². The van der Waals surface area contributed by atoms with E-state index < -0.39 is 0 Å². The molecule has 1 atom stereocenters. The largest absolute Gasteiger partial charge is 0.298 e. The van der Waals surface area contributed by atoms with E-state index in [-0.39, 0.29) is 17.5 Å².